The maximum absolute atomic E-state index is 11.5. The number of benzene rings is 2. The lowest BCUT2D eigenvalue weighted by atomic mass is 10.1. The van der Waals surface area contributed by atoms with Gasteiger partial charge in [-0.25, -0.2) is 4.99 Å². The summed E-state index contributed by atoms with van der Waals surface area (Å²) in [4.78, 5) is 20.1. The van der Waals surface area contributed by atoms with Crippen molar-refractivity contribution in [1.82, 2.24) is 9.47 Å². The number of carboxylic acid groups (broad SMARTS) is 1. The summed E-state index contributed by atoms with van der Waals surface area (Å²) in [5, 5.41) is 10.1. The number of aliphatic carboxylic acids is 1. The zero-order valence-electron chi connectivity index (χ0n) is 16.5. The normalized spacial score (nSPS) is 11.9. The highest BCUT2D eigenvalue weighted by molar-refractivity contribution is 7.09. The molecule has 5 nitrogen and oxygen atoms in total. The van der Waals surface area contributed by atoms with Gasteiger partial charge in [0.05, 0.1) is 17.8 Å². The van der Waals surface area contributed by atoms with Gasteiger partial charge in [-0.05, 0) is 56.9 Å². The van der Waals surface area contributed by atoms with Gasteiger partial charge in [0.25, 0.3) is 0 Å². The zero-order valence-corrected chi connectivity index (χ0v) is 18.1. The standard InChI is InChI=1S/C22H24ClN3O2S/c1-25(2)13-6-14-26-21(16-9-11-17(23)12-10-16)19(15-20(27)28)29-22(26)24-18-7-4-3-5-8-18/h3-5,7-12H,6,13-15H2,1-2H3,(H,27,28). The van der Waals surface area contributed by atoms with Gasteiger partial charge >= 0.3 is 5.97 Å². The van der Waals surface area contributed by atoms with E-state index >= 15 is 0 Å². The molecule has 29 heavy (non-hydrogen) atoms. The van der Waals surface area contributed by atoms with Crippen molar-refractivity contribution < 1.29 is 9.90 Å². The van der Waals surface area contributed by atoms with Crippen LogP contribution in [0.4, 0.5) is 5.69 Å². The largest absolute Gasteiger partial charge is 0.481 e. The van der Waals surface area contributed by atoms with E-state index in [1.54, 1.807) is 0 Å². The number of halogens is 1. The number of para-hydroxylation sites is 1. The number of aromatic nitrogens is 1. The minimum absolute atomic E-state index is 0.0411. The van der Waals surface area contributed by atoms with Crippen LogP contribution in [0.2, 0.25) is 5.02 Å². The Balaban J connectivity index is 2.17. The molecular weight excluding hydrogens is 406 g/mol. The quantitative estimate of drug-likeness (QED) is 0.565. The molecule has 0 saturated heterocycles. The Morgan fingerprint density at radius 1 is 1.14 bits per heavy atom. The van der Waals surface area contributed by atoms with Gasteiger partial charge in [0, 0.05) is 16.4 Å². The van der Waals surface area contributed by atoms with Crippen molar-refractivity contribution in [3.63, 3.8) is 0 Å². The van der Waals surface area contributed by atoms with Gasteiger partial charge in [-0.15, -0.1) is 11.3 Å². The van der Waals surface area contributed by atoms with Crippen LogP contribution in [-0.2, 0) is 17.8 Å². The first-order chi connectivity index (χ1) is 13.9. The molecule has 0 unspecified atom stereocenters. The van der Waals surface area contributed by atoms with Crippen molar-refractivity contribution in [2.24, 2.45) is 4.99 Å². The molecule has 152 valence electrons. The van der Waals surface area contributed by atoms with Crippen LogP contribution in [0.5, 0.6) is 0 Å². The summed E-state index contributed by atoms with van der Waals surface area (Å²) in [7, 11) is 4.09. The van der Waals surface area contributed by atoms with Gasteiger partial charge in [0.15, 0.2) is 4.80 Å². The number of thiazole rings is 1. The number of hydrogen-bond donors (Lipinski definition) is 1. The molecule has 0 amide bonds. The molecule has 0 spiro atoms. The van der Waals surface area contributed by atoms with Gasteiger partial charge in [-0.2, -0.15) is 0 Å². The van der Waals surface area contributed by atoms with Crippen LogP contribution in [0.3, 0.4) is 0 Å². The topological polar surface area (TPSA) is 57.8 Å². The second kappa shape index (κ2) is 9.87. The third kappa shape index (κ3) is 5.79. The molecule has 0 aliphatic heterocycles. The van der Waals surface area contributed by atoms with Crippen molar-refractivity contribution in [3.05, 3.63) is 69.3 Å². The summed E-state index contributed by atoms with van der Waals surface area (Å²) in [6.45, 7) is 1.68. The van der Waals surface area contributed by atoms with E-state index in [1.165, 1.54) is 11.3 Å². The summed E-state index contributed by atoms with van der Waals surface area (Å²) < 4.78 is 2.14. The van der Waals surface area contributed by atoms with E-state index in [0.29, 0.717) is 5.02 Å². The molecule has 0 fully saturated rings. The first-order valence-corrected chi connectivity index (χ1v) is 10.6. The lowest BCUT2D eigenvalue weighted by molar-refractivity contribution is -0.136. The monoisotopic (exact) mass is 429 g/mol. The predicted octanol–water partition coefficient (Wildman–Crippen LogP) is 4.68. The van der Waals surface area contributed by atoms with Crippen molar-refractivity contribution >= 4 is 34.6 Å². The molecule has 3 aromatic rings. The number of carbonyl (C=O) groups is 1. The van der Waals surface area contributed by atoms with E-state index < -0.39 is 5.97 Å². The number of rotatable bonds is 8. The fourth-order valence-corrected chi connectivity index (χ4v) is 4.40. The lowest BCUT2D eigenvalue weighted by Crippen LogP contribution is -2.20. The van der Waals surface area contributed by atoms with Crippen molar-refractivity contribution in [1.29, 1.82) is 0 Å². The molecule has 0 saturated carbocycles. The van der Waals surface area contributed by atoms with Crippen LogP contribution in [0.1, 0.15) is 11.3 Å². The second-order valence-corrected chi connectivity index (χ2v) is 8.49. The average Bonchev–Trinajstić information content (AvgIpc) is 2.99. The van der Waals surface area contributed by atoms with Gasteiger partial charge in [-0.1, -0.05) is 41.9 Å². The summed E-state index contributed by atoms with van der Waals surface area (Å²) >= 11 is 7.51. The first kappa shape index (κ1) is 21.3. The van der Waals surface area contributed by atoms with Crippen molar-refractivity contribution in [2.45, 2.75) is 19.4 Å². The van der Waals surface area contributed by atoms with Crippen molar-refractivity contribution in [2.75, 3.05) is 20.6 Å². The minimum atomic E-state index is -0.854. The highest BCUT2D eigenvalue weighted by Gasteiger charge is 2.18. The molecule has 0 atom stereocenters. The number of nitrogens with zero attached hydrogens (tertiary/aromatic N) is 3. The summed E-state index contributed by atoms with van der Waals surface area (Å²) in [5.41, 5.74) is 2.70. The van der Waals surface area contributed by atoms with Crippen LogP contribution in [0.25, 0.3) is 11.3 Å². The van der Waals surface area contributed by atoms with E-state index in [1.807, 2.05) is 68.7 Å². The fraction of sp³-hybridized carbons (Fsp3) is 0.273. The van der Waals surface area contributed by atoms with Gasteiger partial charge < -0.3 is 14.6 Å². The molecule has 0 aliphatic carbocycles. The molecule has 1 N–H and O–H groups in total. The number of hydrogen-bond acceptors (Lipinski definition) is 4. The Morgan fingerprint density at radius 2 is 1.83 bits per heavy atom. The Hall–Kier alpha value is -2.41. The molecule has 0 radical (unpaired) electrons. The van der Waals surface area contributed by atoms with E-state index in [9.17, 15) is 9.90 Å². The lowest BCUT2D eigenvalue weighted by Gasteiger charge is -2.13. The third-order valence-corrected chi connectivity index (χ3v) is 5.71. The van der Waals surface area contributed by atoms with Crippen LogP contribution in [-0.4, -0.2) is 41.2 Å². The van der Waals surface area contributed by atoms with E-state index in [4.69, 9.17) is 16.6 Å². The molecule has 1 aromatic heterocycles. The SMILES string of the molecule is CN(C)CCCn1c(-c2ccc(Cl)cc2)c(CC(=O)O)sc1=Nc1ccccc1. The van der Waals surface area contributed by atoms with E-state index in [-0.39, 0.29) is 6.42 Å². The summed E-state index contributed by atoms with van der Waals surface area (Å²) in [6, 6.07) is 17.3. The molecule has 1 heterocycles. The summed E-state index contributed by atoms with van der Waals surface area (Å²) in [5.74, 6) is -0.854. The van der Waals surface area contributed by atoms with Crippen LogP contribution in [0.15, 0.2) is 59.6 Å². The molecular formula is C22H24ClN3O2S. The van der Waals surface area contributed by atoms with Crippen LogP contribution < -0.4 is 4.80 Å². The maximum atomic E-state index is 11.5. The number of carboxylic acids is 1. The van der Waals surface area contributed by atoms with Crippen LogP contribution >= 0.6 is 22.9 Å². The zero-order chi connectivity index (χ0) is 20.8. The predicted molar refractivity (Wildman–Crippen MR) is 119 cm³/mol. The minimum Gasteiger partial charge on any atom is -0.481 e. The van der Waals surface area contributed by atoms with E-state index in [0.717, 1.165) is 46.1 Å². The molecule has 0 bridgehead atoms. The maximum Gasteiger partial charge on any atom is 0.308 e. The van der Waals surface area contributed by atoms with E-state index in [2.05, 4.69) is 9.47 Å². The van der Waals surface area contributed by atoms with Gasteiger partial charge in [-0.3, -0.25) is 4.79 Å². The summed E-state index contributed by atoms with van der Waals surface area (Å²) in [6.07, 6.45) is 0.888. The molecule has 2 aromatic carbocycles. The van der Waals surface area contributed by atoms with Gasteiger partial charge in [0.2, 0.25) is 0 Å². The van der Waals surface area contributed by atoms with Crippen LogP contribution in [0, 0.1) is 0 Å². The Bertz CT molecular complexity index is 1020. The highest BCUT2D eigenvalue weighted by atomic mass is 35.5. The Kier molecular flexibility index (Phi) is 7.25. The molecule has 3 rings (SSSR count). The van der Waals surface area contributed by atoms with Gasteiger partial charge in [0.1, 0.15) is 0 Å². The Morgan fingerprint density at radius 3 is 2.45 bits per heavy atom. The first-order valence-electron chi connectivity index (χ1n) is 9.39. The smallest absolute Gasteiger partial charge is 0.308 e. The third-order valence-electron chi connectivity index (χ3n) is 4.38. The fourth-order valence-electron chi connectivity index (χ4n) is 3.09. The average molecular weight is 430 g/mol. The molecule has 7 heteroatoms. The molecule has 0 aliphatic rings. The van der Waals surface area contributed by atoms with Crippen molar-refractivity contribution in [3.8, 4) is 11.3 Å². The Labute approximate surface area is 179 Å². The second-order valence-electron chi connectivity index (χ2n) is 6.99. The highest BCUT2D eigenvalue weighted by Crippen LogP contribution is 2.28.